The van der Waals surface area contributed by atoms with E-state index in [2.05, 4.69) is 21.2 Å². The van der Waals surface area contributed by atoms with E-state index < -0.39 is 0 Å². The van der Waals surface area contributed by atoms with Crippen molar-refractivity contribution in [2.45, 2.75) is 56.2 Å². The number of carbonyl (C=O) groups is 1. The van der Waals surface area contributed by atoms with Gasteiger partial charge in [-0.25, -0.2) is 0 Å². The monoisotopic (exact) mass is 391 g/mol. The standard InChI is InChI=1S/C20H26BrNO2/c1-2-24-17-5-3-16(4-6-17)22-18(23)12-19-8-14-7-15(9-19)11-20(21,10-14)13-19/h3-6,14-15H,2,7-13H2,1H3,(H,22,23). The molecule has 4 aliphatic carbocycles. The Morgan fingerprint density at radius 2 is 1.88 bits per heavy atom. The largest absolute Gasteiger partial charge is 0.494 e. The summed E-state index contributed by atoms with van der Waals surface area (Å²) in [5, 5.41) is 3.09. The van der Waals surface area contributed by atoms with Crippen molar-refractivity contribution in [2.24, 2.45) is 17.3 Å². The average Bonchev–Trinajstić information content (AvgIpc) is 2.46. The first-order chi connectivity index (χ1) is 11.5. The number of ether oxygens (including phenoxy) is 1. The fourth-order valence-electron chi connectivity index (χ4n) is 5.89. The van der Waals surface area contributed by atoms with Crippen LogP contribution in [0.15, 0.2) is 24.3 Å². The Labute approximate surface area is 152 Å². The van der Waals surface area contributed by atoms with Crippen molar-refractivity contribution in [2.75, 3.05) is 11.9 Å². The Bertz CT molecular complexity index is 613. The van der Waals surface area contributed by atoms with Crippen LogP contribution in [0.5, 0.6) is 5.75 Å². The Balaban J connectivity index is 1.41. The molecular formula is C20H26BrNO2. The number of benzene rings is 1. The number of rotatable bonds is 5. The van der Waals surface area contributed by atoms with E-state index in [0.29, 0.717) is 17.4 Å². The number of hydrogen-bond acceptors (Lipinski definition) is 2. The number of halogens is 1. The molecule has 1 aromatic rings. The van der Waals surface area contributed by atoms with Crippen molar-refractivity contribution in [3.05, 3.63) is 24.3 Å². The highest BCUT2D eigenvalue weighted by atomic mass is 79.9. The van der Waals surface area contributed by atoms with Gasteiger partial charge in [0.05, 0.1) is 6.61 Å². The van der Waals surface area contributed by atoms with Crippen LogP contribution in [0.2, 0.25) is 0 Å². The molecule has 0 aliphatic heterocycles. The van der Waals surface area contributed by atoms with E-state index in [-0.39, 0.29) is 11.3 Å². The number of alkyl halides is 1. The second-order valence-corrected chi connectivity index (χ2v) is 9.98. The smallest absolute Gasteiger partial charge is 0.224 e. The minimum absolute atomic E-state index is 0.164. The number of amides is 1. The van der Waals surface area contributed by atoms with E-state index in [0.717, 1.165) is 23.3 Å². The van der Waals surface area contributed by atoms with Crippen LogP contribution >= 0.6 is 15.9 Å². The molecule has 1 N–H and O–H groups in total. The van der Waals surface area contributed by atoms with Crippen molar-refractivity contribution < 1.29 is 9.53 Å². The minimum atomic E-state index is 0.164. The van der Waals surface area contributed by atoms with E-state index in [1.54, 1.807) is 0 Å². The van der Waals surface area contributed by atoms with Crippen LogP contribution in [-0.2, 0) is 4.79 Å². The molecule has 4 fully saturated rings. The Morgan fingerprint density at radius 3 is 2.46 bits per heavy atom. The highest BCUT2D eigenvalue weighted by Crippen LogP contribution is 2.65. The predicted molar refractivity (Wildman–Crippen MR) is 99.6 cm³/mol. The molecule has 1 amide bonds. The summed E-state index contributed by atoms with van der Waals surface area (Å²) in [4.78, 5) is 12.7. The summed E-state index contributed by atoms with van der Waals surface area (Å²) in [6.07, 6.45) is 8.33. The Morgan fingerprint density at radius 1 is 1.21 bits per heavy atom. The van der Waals surface area contributed by atoms with Gasteiger partial charge in [-0.15, -0.1) is 0 Å². The van der Waals surface area contributed by atoms with E-state index in [1.807, 2.05) is 31.2 Å². The summed E-state index contributed by atoms with van der Waals surface area (Å²) >= 11 is 4.03. The third-order valence-electron chi connectivity index (χ3n) is 6.10. The SMILES string of the molecule is CCOc1ccc(NC(=O)CC23CC4CC(CC(Br)(C4)C2)C3)cc1. The van der Waals surface area contributed by atoms with Crippen molar-refractivity contribution in [3.8, 4) is 5.75 Å². The van der Waals surface area contributed by atoms with Gasteiger partial charge in [0.15, 0.2) is 0 Å². The first-order valence-electron chi connectivity index (χ1n) is 9.19. The Hall–Kier alpha value is -1.03. The van der Waals surface area contributed by atoms with Crippen molar-refractivity contribution in [1.82, 2.24) is 0 Å². The molecule has 24 heavy (non-hydrogen) atoms. The molecule has 0 heterocycles. The molecule has 0 aromatic heterocycles. The van der Waals surface area contributed by atoms with Crippen LogP contribution in [0.3, 0.4) is 0 Å². The lowest BCUT2D eigenvalue weighted by molar-refractivity contribution is -0.123. The lowest BCUT2D eigenvalue weighted by atomic mass is 9.48. The van der Waals surface area contributed by atoms with Crippen molar-refractivity contribution in [3.63, 3.8) is 0 Å². The van der Waals surface area contributed by atoms with Crippen LogP contribution in [0.4, 0.5) is 5.69 Å². The number of nitrogens with one attached hydrogen (secondary N) is 1. The first kappa shape index (κ1) is 16.4. The second kappa shape index (κ2) is 6.05. The summed E-state index contributed by atoms with van der Waals surface area (Å²) in [5.41, 5.74) is 1.09. The van der Waals surface area contributed by atoms with Gasteiger partial charge in [0, 0.05) is 16.4 Å². The molecule has 1 aromatic carbocycles. The first-order valence-corrected chi connectivity index (χ1v) is 9.99. The second-order valence-electron chi connectivity index (χ2n) is 8.29. The molecule has 0 saturated heterocycles. The fraction of sp³-hybridized carbons (Fsp3) is 0.650. The zero-order valence-electron chi connectivity index (χ0n) is 14.3. The van der Waals surface area contributed by atoms with E-state index in [1.165, 1.54) is 38.5 Å². The lowest BCUT2D eigenvalue weighted by Crippen LogP contribution is -2.53. The zero-order chi connectivity index (χ0) is 16.8. The molecule has 5 rings (SSSR count). The van der Waals surface area contributed by atoms with Gasteiger partial charge in [-0.1, -0.05) is 15.9 Å². The molecule has 4 bridgehead atoms. The summed E-state index contributed by atoms with van der Waals surface area (Å²) in [6, 6.07) is 7.68. The molecule has 4 aliphatic rings. The molecule has 0 spiro atoms. The van der Waals surface area contributed by atoms with Gasteiger partial charge < -0.3 is 10.1 Å². The van der Waals surface area contributed by atoms with Gasteiger partial charge >= 0.3 is 0 Å². The summed E-state index contributed by atoms with van der Waals surface area (Å²) in [7, 11) is 0. The third-order valence-corrected chi connectivity index (χ3v) is 7.02. The van der Waals surface area contributed by atoms with Gasteiger partial charge in [0.25, 0.3) is 0 Å². The maximum Gasteiger partial charge on any atom is 0.224 e. The fourth-order valence-corrected chi connectivity index (χ4v) is 7.40. The lowest BCUT2D eigenvalue weighted by Gasteiger charge is -2.60. The topological polar surface area (TPSA) is 38.3 Å². The minimum Gasteiger partial charge on any atom is -0.494 e. The summed E-state index contributed by atoms with van der Waals surface area (Å²) in [6.45, 7) is 2.63. The van der Waals surface area contributed by atoms with Crippen molar-refractivity contribution in [1.29, 1.82) is 0 Å². The molecule has 2 unspecified atom stereocenters. The maximum atomic E-state index is 12.7. The summed E-state index contributed by atoms with van der Waals surface area (Å²) in [5.74, 6) is 2.66. The number of hydrogen-bond donors (Lipinski definition) is 1. The van der Waals surface area contributed by atoms with Crippen LogP contribution in [-0.4, -0.2) is 16.8 Å². The average molecular weight is 392 g/mol. The summed E-state index contributed by atoms with van der Waals surface area (Å²) < 4.78 is 5.77. The van der Waals surface area contributed by atoms with E-state index >= 15 is 0 Å². The molecule has 2 atom stereocenters. The molecule has 4 saturated carbocycles. The molecule has 4 heteroatoms. The van der Waals surface area contributed by atoms with Crippen LogP contribution < -0.4 is 10.1 Å². The van der Waals surface area contributed by atoms with Gasteiger partial charge in [-0.2, -0.15) is 0 Å². The normalized spacial score (nSPS) is 36.6. The van der Waals surface area contributed by atoms with Crippen LogP contribution in [0.25, 0.3) is 0 Å². The van der Waals surface area contributed by atoms with E-state index in [4.69, 9.17) is 4.74 Å². The van der Waals surface area contributed by atoms with Gasteiger partial charge in [0.1, 0.15) is 5.75 Å². The molecular weight excluding hydrogens is 366 g/mol. The zero-order valence-corrected chi connectivity index (χ0v) is 15.9. The van der Waals surface area contributed by atoms with E-state index in [9.17, 15) is 4.79 Å². The van der Waals surface area contributed by atoms with Crippen LogP contribution in [0, 0.1) is 17.3 Å². The van der Waals surface area contributed by atoms with Gasteiger partial charge in [-0.3, -0.25) is 4.79 Å². The number of anilines is 1. The molecule has 3 nitrogen and oxygen atoms in total. The Kier molecular flexibility index (Phi) is 4.14. The van der Waals surface area contributed by atoms with Crippen molar-refractivity contribution >= 4 is 27.5 Å². The van der Waals surface area contributed by atoms with Gasteiger partial charge in [-0.05, 0) is 87.0 Å². The predicted octanol–water partition coefficient (Wildman–Crippen LogP) is 5.15. The quantitative estimate of drug-likeness (QED) is 0.704. The molecule has 130 valence electrons. The highest BCUT2D eigenvalue weighted by Gasteiger charge is 2.57. The highest BCUT2D eigenvalue weighted by molar-refractivity contribution is 9.10. The van der Waals surface area contributed by atoms with Crippen LogP contribution in [0.1, 0.15) is 51.9 Å². The molecule has 0 radical (unpaired) electrons. The number of carbonyl (C=O) groups excluding carboxylic acids is 1. The third kappa shape index (κ3) is 3.22. The maximum absolute atomic E-state index is 12.7. The van der Waals surface area contributed by atoms with Gasteiger partial charge in [0.2, 0.25) is 5.91 Å².